The van der Waals surface area contributed by atoms with E-state index in [1.54, 1.807) is 0 Å². The Labute approximate surface area is 131 Å². The van der Waals surface area contributed by atoms with E-state index in [2.05, 4.69) is 13.8 Å². The van der Waals surface area contributed by atoms with Gasteiger partial charge in [-0.15, -0.1) is 0 Å². The van der Waals surface area contributed by atoms with Crippen LogP contribution in [0.3, 0.4) is 0 Å². The minimum atomic E-state index is -1.18. The van der Waals surface area contributed by atoms with Crippen LogP contribution in [0.15, 0.2) is 0 Å². The molecule has 0 radical (unpaired) electrons. The molecule has 0 aliphatic rings. The quantitative estimate of drug-likeness (QED) is 0.411. The zero-order valence-electron chi connectivity index (χ0n) is 14.1. The van der Waals surface area contributed by atoms with Gasteiger partial charge in [0.1, 0.15) is 0 Å². The molecule has 0 amide bonds. The molecule has 2 atom stereocenters. The molecule has 0 saturated carbocycles. The second-order valence-corrected chi connectivity index (χ2v) is 6.35. The Balaban J connectivity index is 3.93. The molecule has 2 N–H and O–H groups in total. The van der Waals surface area contributed by atoms with Gasteiger partial charge in [-0.3, -0.25) is 0 Å². The SMILES string of the molecule is CCCCCCCC(CCCCCC)CCC(O)C(=O)O. The first-order valence-electron chi connectivity index (χ1n) is 9.02. The standard InChI is InChI=1S/C18H36O3/c1-3-5-7-9-11-13-16(12-10-8-6-4-2)14-15-17(19)18(20)21/h16-17,19H,3-15H2,1-2H3,(H,20,21). The Morgan fingerprint density at radius 2 is 1.24 bits per heavy atom. The van der Waals surface area contributed by atoms with Crippen LogP contribution in [0.1, 0.15) is 97.3 Å². The number of carbonyl (C=O) groups is 1. The number of hydrogen-bond donors (Lipinski definition) is 2. The van der Waals surface area contributed by atoms with Gasteiger partial charge in [0.15, 0.2) is 6.10 Å². The van der Waals surface area contributed by atoms with Crippen LogP contribution in [0.25, 0.3) is 0 Å². The highest BCUT2D eigenvalue weighted by molar-refractivity contribution is 5.71. The molecule has 0 aromatic rings. The summed E-state index contributed by atoms with van der Waals surface area (Å²) in [5.41, 5.74) is 0. The second kappa shape index (κ2) is 14.4. The van der Waals surface area contributed by atoms with Crippen molar-refractivity contribution in [3.63, 3.8) is 0 Å². The van der Waals surface area contributed by atoms with Gasteiger partial charge in [-0.1, -0.05) is 84.5 Å². The van der Waals surface area contributed by atoms with Crippen molar-refractivity contribution in [2.75, 3.05) is 0 Å². The van der Waals surface area contributed by atoms with E-state index in [9.17, 15) is 9.90 Å². The first-order chi connectivity index (χ1) is 10.1. The summed E-state index contributed by atoms with van der Waals surface area (Å²) >= 11 is 0. The zero-order valence-corrected chi connectivity index (χ0v) is 14.1. The molecule has 0 aliphatic heterocycles. The van der Waals surface area contributed by atoms with E-state index in [0.29, 0.717) is 12.3 Å². The van der Waals surface area contributed by atoms with Crippen molar-refractivity contribution in [2.45, 2.75) is 103 Å². The molecule has 0 aromatic carbocycles. The molecule has 0 saturated heterocycles. The normalized spacial score (nSPS) is 14.0. The molecule has 126 valence electrons. The maximum atomic E-state index is 10.7. The molecule has 0 aromatic heterocycles. The van der Waals surface area contributed by atoms with Gasteiger partial charge in [0.05, 0.1) is 0 Å². The predicted octanol–water partition coefficient (Wildman–Crippen LogP) is 5.16. The average molecular weight is 300 g/mol. The van der Waals surface area contributed by atoms with Gasteiger partial charge in [-0.25, -0.2) is 4.79 Å². The van der Waals surface area contributed by atoms with Crippen molar-refractivity contribution in [1.29, 1.82) is 0 Å². The molecular formula is C18H36O3. The fourth-order valence-corrected chi connectivity index (χ4v) is 2.85. The lowest BCUT2D eigenvalue weighted by atomic mass is 9.89. The Morgan fingerprint density at radius 3 is 1.71 bits per heavy atom. The summed E-state index contributed by atoms with van der Waals surface area (Å²) in [6.45, 7) is 4.44. The van der Waals surface area contributed by atoms with Crippen molar-refractivity contribution in [1.82, 2.24) is 0 Å². The summed E-state index contributed by atoms with van der Waals surface area (Å²) in [6.07, 6.45) is 14.0. The molecule has 0 bridgehead atoms. The van der Waals surface area contributed by atoms with Crippen LogP contribution < -0.4 is 0 Å². The third kappa shape index (κ3) is 12.9. The largest absolute Gasteiger partial charge is 0.479 e. The summed E-state index contributed by atoms with van der Waals surface area (Å²) in [4.78, 5) is 10.7. The number of aliphatic hydroxyl groups excluding tert-OH is 1. The fraction of sp³-hybridized carbons (Fsp3) is 0.944. The van der Waals surface area contributed by atoms with Gasteiger partial charge in [0.2, 0.25) is 0 Å². The van der Waals surface area contributed by atoms with Crippen LogP contribution in [-0.4, -0.2) is 22.3 Å². The van der Waals surface area contributed by atoms with Gasteiger partial charge in [0.25, 0.3) is 0 Å². The molecule has 2 unspecified atom stereocenters. The average Bonchev–Trinajstić information content (AvgIpc) is 2.47. The highest BCUT2D eigenvalue weighted by Crippen LogP contribution is 2.23. The molecule has 21 heavy (non-hydrogen) atoms. The van der Waals surface area contributed by atoms with Crippen molar-refractivity contribution in [3.8, 4) is 0 Å². The summed E-state index contributed by atoms with van der Waals surface area (Å²) in [7, 11) is 0. The lowest BCUT2D eigenvalue weighted by Gasteiger charge is -2.17. The Bertz CT molecular complexity index is 241. The van der Waals surface area contributed by atoms with Gasteiger partial charge < -0.3 is 10.2 Å². The van der Waals surface area contributed by atoms with Crippen LogP contribution >= 0.6 is 0 Å². The molecule has 0 heterocycles. The van der Waals surface area contributed by atoms with Crippen molar-refractivity contribution >= 4 is 5.97 Å². The minimum absolute atomic E-state index is 0.405. The smallest absolute Gasteiger partial charge is 0.332 e. The lowest BCUT2D eigenvalue weighted by molar-refractivity contribution is -0.147. The van der Waals surface area contributed by atoms with Crippen LogP contribution in [-0.2, 0) is 4.79 Å². The summed E-state index contributed by atoms with van der Waals surface area (Å²) in [6, 6.07) is 0. The topological polar surface area (TPSA) is 57.5 Å². The molecule has 3 heteroatoms. The Kier molecular flexibility index (Phi) is 14.0. The van der Waals surface area contributed by atoms with Crippen LogP contribution in [0.5, 0.6) is 0 Å². The number of unbranched alkanes of at least 4 members (excludes halogenated alkanes) is 7. The van der Waals surface area contributed by atoms with Gasteiger partial charge >= 0.3 is 5.97 Å². The first kappa shape index (κ1) is 20.4. The molecule has 0 rings (SSSR count). The number of aliphatic hydroxyl groups is 1. The lowest BCUT2D eigenvalue weighted by Crippen LogP contribution is -2.20. The summed E-state index contributed by atoms with van der Waals surface area (Å²) < 4.78 is 0. The number of rotatable bonds is 15. The van der Waals surface area contributed by atoms with E-state index in [0.717, 1.165) is 6.42 Å². The number of carboxylic acid groups (broad SMARTS) is 1. The van der Waals surface area contributed by atoms with E-state index in [1.807, 2.05) is 0 Å². The second-order valence-electron chi connectivity index (χ2n) is 6.35. The Morgan fingerprint density at radius 1 is 0.762 bits per heavy atom. The third-order valence-corrected chi connectivity index (χ3v) is 4.32. The molecule has 0 spiro atoms. The van der Waals surface area contributed by atoms with Crippen LogP contribution in [0.2, 0.25) is 0 Å². The Hall–Kier alpha value is -0.570. The highest BCUT2D eigenvalue weighted by Gasteiger charge is 2.16. The zero-order chi connectivity index (χ0) is 15.9. The third-order valence-electron chi connectivity index (χ3n) is 4.32. The van der Waals surface area contributed by atoms with Gasteiger partial charge in [-0.2, -0.15) is 0 Å². The number of hydrogen-bond acceptors (Lipinski definition) is 2. The molecular weight excluding hydrogens is 264 g/mol. The number of aliphatic carboxylic acids is 1. The summed E-state index contributed by atoms with van der Waals surface area (Å²) in [5.74, 6) is -0.486. The molecule has 3 nitrogen and oxygen atoms in total. The van der Waals surface area contributed by atoms with Crippen molar-refractivity contribution in [2.24, 2.45) is 5.92 Å². The van der Waals surface area contributed by atoms with E-state index in [4.69, 9.17) is 5.11 Å². The monoisotopic (exact) mass is 300 g/mol. The van der Waals surface area contributed by atoms with Gasteiger partial charge in [0, 0.05) is 0 Å². The van der Waals surface area contributed by atoms with E-state index >= 15 is 0 Å². The van der Waals surface area contributed by atoms with E-state index in [-0.39, 0.29) is 0 Å². The van der Waals surface area contributed by atoms with Crippen LogP contribution in [0, 0.1) is 5.92 Å². The fourth-order valence-electron chi connectivity index (χ4n) is 2.85. The highest BCUT2D eigenvalue weighted by atomic mass is 16.4. The summed E-state index contributed by atoms with van der Waals surface area (Å²) in [5, 5.41) is 18.2. The minimum Gasteiger partial charge on any atom is -0.479 e. The predicted molar refractivity (Wildman–Crippen MR) is 88.5 cm³/mol. The van der Waals surface area contributed by atoms with Crippen LogP contribution in [0.4, 0.5) is 0 Å². The maximum absolute atomic E-state index is 10.7. The van der Waals surface area contributed by atoms with Gasteiger partial charge in [-0.05, 0) is 18.8 Å². The van der Waals surface area contributed by atoms with Crippen molar-refractivity contribution in [3.05, 3.63) is 0 Å². The number of carboxylic acids is 1. The maximum Gasteiger partial charge on any atom is 0.332 e. The first-order valence-corrected chi connectivity index (χ1v) is 9.02. The molecule has 0 fully saturated rings. The van der Waals surface area contributed by atoms with E-state index in [1.165, 1.54) is 70.6 Å². The van der Waals surface area contributed by atoms with Crippen molar-refractivity contribution < 1.29 is 15.0 Å². The van der Waals surface area contributed by atoms with E-state index < -0.39 is 12.1 Å². The molecule has 0 aliphatic carbocycles.